The molecular weight excluding hydrogens is 232 g/mol. The number of anilines is 1. The first-order chi connectivity index (χ1) is 7.65. The van der Waals surface area contributed by atoms with Crippen LogP contribution in [-0.4, -0.2) is 9.97 Å². The molecule has 0 fully saturated rings. The molecule has 0 saturated carbocycles. The molecule has 0 aliphatic carbocycles. The summed E-state index contributed by atoms with van der Waals surface area (Å²) in [5, 5.41) is 0.582. The summed E-state index contributed by atoms with van der Waals surface area (Å²) in [5.41, 5.74) is 5.47. The smallest absolute Gasteiger partial charge is 0.159 e. The Balaban J connectivity index is 2.24. The van der Waals surface area contributed by atoms with E-state index in [1.807, 2.05) is 0 Å². The van der Waals surface area contributed by atoms with E-state index in [2.05, 4.69) is 9.97 Å². The fourth-order valence-electron chi connectivity index (χ4n) is 1.07. The molecule has 1 heterocycles. The van der Waals surface area contributed by atoms with Crippen LogP contribution in [0.5, 0.6) is 0 Å². The summed E-state index contributed by atoms with van der Waals surface area (Å²) in [7, 11) is 0. The second kappa shape index (κ2) is 4.44. The fraction of sp³-hybridized carbons (Fsp3) is 0. The van der Waals surface area contributed by atoms with Crippen LogP contribution in [-0.2, 0) is 0 Å². The van der Waals surface area contributed by atoms with Crippen LogP contribution in [0.25, 0.3) is 0 Å². The van der Waals surface area contributed by atoms with E-state index in [0.717, 1.165) is 12.1 Å². The van der Waals surface area contributed by atoms with Crippen LogP contribution < -0.4 is 5.73 Å². The SMILES string of the molecule is Nc1cc(Sc2ccc(F)c(F)c2)ncn1. The van der Waals surface area contributed by atoms with E-state index in [-0.39, 0.29) is 0 Å². The van der Waals surface area contributed by atoms with Crippen LogP contribution in [0.4, 0.5) is 14.6 Å². The van der Waals surface area contributed by atoms with Gasteiger partial charge in [0.25, 0.3) is 0 Å². The minimum absolute atomic E-state index is 0.333. The molecule has 0 saturated heterocycles. The van der Waals surface area contributed by atoms with Crippen molar-refractivity contribution in [3.05, 3.63) is 42.2 Å². The highest BCUT2D eigenvalue weighted by atomic mass is 32.2. The van der Waals surface area contributed by atoms with Gasteiger partial charge < -0.3 is 5.73 Å². The van der Waals surface area contributed by atoms with E-state index >= 15 is 0 Å². The molecule has 82 valence electrons. The summed E-state index contributed by atoms with van der Waals surface area (Å²) >= 11 is 1.19. The second-order valence-electron chi connectivity index (χ2n) is 2.96. The molecule has 2 aromatic rings. The van der Waals surface area contributed by atoms with Gasteiger partial charge in [0.15, 0.2) is 11.6 Å². The number of rotatable bonds is 2. The number of hydrogen-bond acceptors (Lipinski definition) is 4. The predicted molar refractivity (Wildman–Crippen MR) is 56.9 cm³/mol. The molecule has 6 heteroatoms. The van der Waals surface area contributed by atoms with Crippen LogP contribution >= 0.6 is 11.8 Å². The lowest BCUT2D eigenvalue weighted by molar-refractivity contribution is 0.506. The molecule has 0 atom stereocenters. The summed E-state index contributed by atoms with van der Waals surface area (Å²) in [4.78, 5) is 8.23. The minimum Gasteiger partial charge on any atom is -0.384 e. The predicted octanol–water partition coefficient (Wildman–Crippen LogP) is 2.49. The zero-order chi connectivity index (χ0) is 11.5. The number of hydrogen-bond donors (Lipinski definition) is 1. The average molecular weight is 239 g/mol. The lowest BCUT2D eigenvalue weighted by Gasteiger charge is -2.01. The van der Waals surface area contributed by atoms with Crippen LogP contribution in [0, 0.1) is 11.6 Å². The molecule has 16 heavy (non-hydrogen) atoms. The Morgan fingerprint density at radius 3 is 2.56 bits per heavy atom. The highest BCUT2D eigenvalue weighted by Gasteiger charge is 2.05. The molecule has 1 aromatic carbocycles. The Bertz CT molecular complexity index is 519. The largest absolute Gasteiger partial charge is 0.384 e. The Morgan fingerprint density at radius 2 is 1.88 bits per heavy atom. The monoisotopic (exact) mass is 239 g/mol. The molecule has 0 aliphatic rings. The van der Waals surface area contributed by atoms with Crippen LogP contribution in [0.3, 0.4) is 0 Å². The number of nitrogens with two attached hydrogens (primary N) is 1. The number of aromatic nitrogens is 2. The van der Waals surface area contributed by atoms with Crippen molar-refractivity contribution < 1.29 is 8.78 Å². The molecule has 0 radical (unpaired) electrons. The van der Waals surface area contributed by atoms with Gasteiger partial charge in [-0.25, -0.2) is 18.7 Å². The van der Waals surface area contributed by atoms with E-state index in [1.165, 1.54) is 24.2 Å². The summed E-state index contributed by atoms with van der Waals surface area (Å²) in [5.74, 6) is -1.42. The number of nitrogens with zero attached hydrogens (tertiary/aromatic N) is 2. The molecule has 0 bridgehead atoms. The molecule has 2 N–H and O–H groups in total. The number of benzene rings is 1. The van der Waals surface area contributed by atoms with Gasteiger partial charge in [-0.2, -0.15) is 0 Å². The van der Waals surface area contributed by atoms with E-state index in [4.69, 9.17) is 5.73 Å². The third-order valence-corrected chi connectivity index (χ3v) is 2.70. The van der Waals surface area contributed by atoms with Gasteiger partial charge in [-0.15, -0.1) is 0 Å². The average Bonchev–Trinajstić information content (AvgIpc) is 2.24. The van der Waals surface area contributed by atoms with E-state index in [0.29, 0.717) is 15.7 Å². The Morgan fingerprint density at radius 1 is 1.06 bits per heavy atom. The molecule has 2 rings (SSSR count). The fourth-order valence-corrected chi connectivity index (χ4v) is 1.89. The van der Waals surface area contributed by atoms with Gasteiger partial charge in [0.2, 0.25) is 0 Å². The van der Waals surface area contributed by atoms with Crippen molar-refractivity contribution in [1.82, 2.24) is 9.97 Å². The molecule has 0 unspecified atom stereocenters. The Kier molecular flexibility index (Phi) is 3.00. The van der Waals surface area contributed by atoms with Gasteiger partial charge >= 0.3 is 0 Å². The maximum Gasteiger partial charge on any atom is 0.159 e. The van der Waals surface area contributed by atoms with Gasteiger partial charge in [0, 0.05) is 11.0 Å². The van der Waals surface area contributed by atoms with Crippen molar-refractivity contribution in [3.63, 3.8) is 0 Å². The Hall–Kier alpha value is -1.69. The molecule has 3 nitrogen and oxygen atoms in total. The third-order valence-electron chi connectivity index (χ3n) is 1.78. The quantitative estimate of drug-likeness (QED) is 0.818. The van der Waals surface area contributed by atoms with Crippen molar-refractivity contribution in [2.45, 2.75) is 9.92 Å². The van der Waals surface area contributed by atoms with Gasteiger partial charge in [-0.3, -0.25) is 0 Å². The van der Waals surface area contributed by atoms with Crippen molar-refractivity contribution >= 4 is 17.6 Å². The van der Waals surface area contributed by atoms with E-state index < -0.39 is 11.6 Å². The zero-order valence-electron chi connectivity index (χ0n) is 8.02. The normalized spacial score (nSPS) is 10.4. The lowest BCUT2D eigenvalue weighted by Crippen LogP contribution is -1.91. The molecule has 0 amide bonds. The summed E-state index contributed by atoms with van der Waals surface area (Å²) in [6.07, 6.45) is 1.32. The summed E-state index contributed by atoms with van der Waals surface area (Å²) in [6.45, 7) is 0. The molecule has 0 aliphatic heterocycles. The van der Waals surface area contributed by atoms with Crippen LogP contribution in [0.2, 0.25) is 0 Å². The van der Waals surface area contributed by atoms with Crippen molar-refractivity contribution in [3.8, 4) is 0 Å². The topological polar surface area (TPSA) is 51.8 Å². The zero-order valence-corrected chi connectivity index (χ0v) is 8.84. The highest BCUT2D eigenvalue weighted by molar-refractivity contribution is 7.99. The lowest BCUT2D eigenvalue weighted by atomic mass is 10.3. The van der Waals surface area contributed by atoms with E-state index in [9.17, 15) is 8.78 Å². The van der Waals surface area contributed by atoms with E-state index in [1.54, 1.807) is 6.07 Å². The van der Waals surface area contributed by atoms with Crippen molar-refractivity contribution in [2.75, 3.05) is 5.73 Å². The van der Waals surface area contributed by atoms with Crippen molar-refractivity contribution in [2.24, 2.45) is 0 Å². The Labute approximate surface area is 94.7 Å². The maximum atomic E-state index is 12.9. The number of halogens is 2. The van der Waals surface area contributed by atoms with Crippen LogP contribution in [0.15, 0.2) is 40.5 Å². The molecule has 1 aromatic heterocycles. The highest BCUT2D eigenvalue weighted by Crippen LogP contribution is 2.27. The van der Waals surface area contributed by atoms with Crippen LogP contribution in [0.1, 0.15) is 0 Å². The third kappa shape index (κ3) is 2.46. The first kappa shape index (κ1) is 10.8. The summed E-state index contributed by atoms with van der Waals surface area (Å²) < 4.78 is 25.6. The first-order valence-corrected chi connectivity index (χ1v) is 5.17. The van der Waals surface area contributed by atoms with Gasteiger partial charge in [0.1, 0.15) is 17.2 Å². The molecule has 0 spiro atoms. The van der Waals surface area contributed by atoms with Gasteiger partial charge in [-0.1, -0.05) is 11.8 Å². The standard InChI is InChI=1S/C10H7F2N3S/c11-7-2-1-6(3-8(7)12)16-10-4-9(13)14-5-15-10/h1-5H,(H2,13,14,15). The van der Waals surface area contributed by atoms with Gasteiger partial charge in [0.05, 0.1) is 0 Å². The maximum absolute atomic E-state index is 12.9. The number of nitrogen functional groups attached to an aromatic ring is 1. The first-order valence-electron chi connectivity index (χ1n) is 4.35. The van der Waals surface area contributed by atoms with Gasteiger partial charge in [-0.05, 0) is 18.2 Å². The van der Waals surface area contributed by atoms with Crippen molar-refractivity contribution in [1.29, 1.82) is 0 Å². The minimum atomic E-state index is -0.882. The second-order valence-corrected chi connectivity index (χ2v) is 4.05. The molecular formula is C10H7F2N3S. The summed E-state index contributed by atoms with van der Waals surface area (Å²) in [6, 6.07) is 5.22.